The molecule has 0 amide bonds. The summed E-state index contributed by atoms with van der Waals surface area (Å²) >= 11 is 0. The summed E-state index contributed by atoms with van der Waals surface area (Å²) in [6, 6.07) is 83.0. The quantitative estimate of drug-likeness (QED) is 0.136. The maximum atomic E-state index is 5.30. The Balaban J connectivity index is 1.09. The van der Waals surface area contributed by atoms with E-state index < -0.39 is 0 Å². The summed E-state index contributed by atoms with van der Waals surface area (Å²) in [4.78, 5) is 30.9. The zero-order chi connectivity index (χ0) is 44.1. The number of nitrogens with zero attached hydrogens (tertiary/aromatic N) is 6. The zero-order valence-electron chi connectivity index (χ0n) is 35.8. The number of aromatic nitrogens is 6. The van der Waals surface area contributed by atoms with Gasteiger partial charge in [0.15, 0.2) is 34.9 Å². The van der Waals surface area contributed by atoms with Crippen LogP contribution in [0.2, 0.25) is 0 Å². The van der Waals surface area contributed by atoms with Crippen LogP contribution in [0.1, 0.15) is 0 Å². The SMILES string of the molecule is c1ccc(-c2cc(-c3ccccc3)cc(-c3nc(-c4ccccc4)nc(-c4ccc(-c5ccccc5-c5nc(-c6ccccc6)nc(-c6ccccc6)n5)c(-c5ccccc5)c4)n3)c2)cc1. The molecule has 2 heterocycles. The molecule has 66 heavy (non-hydrogen) atoms. The lowest BCUT2D eigenvalue weighted by Gasteiger charge is -2.17. The maximum absolute atomic E-state index is 5.30. The normalized spacial score (nSPS) is 11.0. The van der Waals surface area contributed by atoms with Crippen LogP contribution in [0.5, 0.6) is 0 Å². The molecule has 0 aliphatic rings. The summed E-state index contributed by atoms with van der Waals surface area (Å²) in [5, 5.41) is 0. The van der Waals surface area contributed by atoms with E-state index in [1.54, 1.807) is 0 Å². The molecule has 0 radical (unpaired) electrons. The second-order valence-corrected chi connectivity index (χ2v) is 15.9. The lowest BCUT2D eigenvalue weighted by atomic mass is 9.90. The lowest BCUT2D eigenvalue weighted by molar-refractivity contribution is 1.07. The van der Waals surface area contributed by atoms with E-state index in [4.69, 9.17) is 29.9 Å². The van der Waals surface area contributed by atoms with Gasteiger partial charge < -0.3 is 0 Å². The molecule has 6 nitrogen and oxygen atoms in total. The zero-order valence-corrected chi connectivity index (χ0v) is 35.8. The third-order valence-corrected chi connectivity index (χ3v) is 11.6. The van der Waals surface area contributed by atoms with Gasteiger partial charge in [0.25, 0.3) is 0 Å². The van der Waals surface area contributed by atoms with Gasteiger partial charge in [0, 0.05) is 33.4 Å². The predicted molar refractivity (Wildman–Crippen MR) is 268 cm³/mol. The van der Waals surface area contributed by atoms with E-state index in [9.17, 15) is 0 Å². The monoisotopic (exact) mass is 844 g/mol. The van der Waals surface area contributed by atoms with Gasteiger partial charge in [-0.05, 0) is 68.8 Å². The fourth-order valence-corrected chi connectivity index (χ4v) is 8.32. The van der Waals surface area contributed by atoms with Gasteiger partial charge in [0.1, 0.15) is 0 Å². The largest absolute Gasteiger partial charge is 0.208 e. The molecule has 0 saturated heterocycles. The first kappa shape index (κ1) is 39.8. The van der Waals surface area contributed by atoms with Crippen LogP contribution < -0.4 is 0 Å². The van der Waals surface area contributed by atoms with Crippen LogP contribution in [0.15, 0.2) is 243 Å². The minimum atomic E-state index is 0.569. The van der Waals surface area contributed by atoms with Crippen LogP contribution in [0, 0.1) is 0 Å². The topological polar surface area (TPSA) is 77.3 Å². The van der Waals surface area contributed by atoms with Crippen molar-refractivity contribution >= 4 is 0 Å². The first-order valence-corrected chi connectivity index (χ1v) is 21.9. The fourth-order valence-electron chi connectivity index (χ4n) is 8.32. The molecule has 6 heteroatoms. The standard InChI is InChI=1S/C60H40N6/c1-7-21-41(22-8-1)48-37-49(42-23-9-2-10-24-42)39-50(38-48)59-63-55(44-27-13-4-14-28-44)62-58(64-59)47-35-36-52(54(40-47)43-25-11-3-12-26-43)51-33-19-20-34-53(51)60-65-56(45-29-15-5-16-30-45)61-57(66-60)46-31-17-6-18-32-46/h1-40H. The van der Waals surface area contributed by atoms with Gasteiger partial charge in [-0.15, -0.1) is 0 Å². The van der Waals surface area contributed by atoms with E-state index in [-0.39, 0.29) is 0 Å². The molecule has 0 fully saturated rings. The summed E-state index contributed by atoms with van der Waals surface area (Å²) in [5.41, 5.74) is 13.8. The van der Waals surface area contributed by atoms with Crippen LogP contribution >= 0.6 is 0 Å². The van der Waals surface area contributed by atoms with Crippen LogP contribution in [0.3, 0.4) is 0 Å². The van der Waals surface area contributed by atoms with Crippen molar-refractivity contribution in [1.29, 1.82) is 0 Å². The Kier molecular flexibility index (Phi) is 10.9. The van der Waals surface area contributed by atoms with E-state index in [2.05, 4.69) is 127 Å². The highest BCUT2D eigenvalue weighted by Gasteiger charge is 2.20. The van der Waals surface area contributed by atoms with Crippen molar-refractivity contribution in [2.45, 2.75) is 0 Å². The van der Waals surface area contributed by atoms with E-state index >= 15 is 0 Å². The Bertz CT molecular complexity index is 3320. The molecule has 0 aliphatic carbocycles. The lowest BCUT2D eigenvalue weighted by Crippen LogP contribution is -2.02. The highest BCUT2D eigenvalue weighted by atomic mass is 15.0. The first-order chi connectivity index (χ1) is 32.7. The second-order valence-electron chi connectivity index (χ2n) is 15.9. The summed E-state index contributed by atoms with van der Waals surface area (Å²) in [6.07, 6.45) is 0. The third kappa shape index (κ3) is 8.30. The predicted octanol–water partition coefficient (Wildman–Crippen LogP) is 14.7. The van der Waals surface area contributed by atoms with Crippen LogP contribution in [0.4, 0.5) is 0 Å². The molecule has 0 saturated carbocycles. The average Bonchev–Trinajstić information content (AvgIpc) is 3.42. The van der Waals surface area contributed by atoms with Crippen LogP contribution in [-0.4, -0.2) is 29.9 Å². The first-order valence-electron chi connectivity index (χ1n) is 21.9. The molecule has 2 aromatic heterocycles. The molecule has 0 aliphatic heterocycles. The smallest absolute Gasteiger partial charge is 0.164 e. The van der Waals surface area contributed by atoms with Gasteiger partial charge in [-0.25, -0.2) is 29.9 Å². The second kappa shape index (κ2) is 18.0. The molecule has 11 rings (SSSR count). The Hall–Kier alpha value is -9.00. The number of hydrogen-bond donors (Lipinski definition) is 0. The van der Waals surface area contributed by atoms with E-state index in [1.165, 1.54) is 0 Å². The van der Waals surface area contributed by atoms with E-state index in [1.807, 2.05) is 115 Å². The molecular weight excluding hydrogens is 805 g/mol. The van der Waals surface area contributed by atoms with Crippen molar-refractivity contribution in [3.8, 4) is 113 Å². The highest BCUT2D eigenvalue weighted by Crippen LogP contribution is 2.41. The van der Waals surface area contributed by atoms with Crippen molar-refractivity contribution in [3.05, 3.63) is 243 Å². The van der Waals surface area contributed by atoms with Crippen molar-refractivity contribution in [2.75, 3.05) is 0 Å². The van der Waals surface area contributed by atoms with Gasteiger partial charge in [-0.2, -0.15) is 0 Å². The van der Waals surface area contributed by atoms with Crippen molar-refractivity contribution < 1.29 is 0 Å². The van der Waals surface area contributed by atoms with Crippen LogP contribution in [-0.2, 0) is 0 Å². The Morgan fingerprint density at radius 2 is 0.455 bits per heavy atom. The summed E-state index contributed by atoms with van der Waals surface area (Å²) in [6.45, 7) is 0. The van der Waals surface area contributed by atoms with Crippen molar-refractivity contribution in [3.63, 3.8) is 0 Å². The maximum Gasteiger partial charge on any atom is 0.164 e. The molecule has 0 unspecified atom stereocenters. The Labute approximate surface area is 383 Å². The summed E-state index contributed by atoms with van der Waals surface area (Å²) in [7, 11) is 0. The van der Waals surface area contributed by atoms with Gasteiger partial charge in [-0.1, -0.05) is 218 Å². The van der Waals surface area contributed by atoms with E-state index in [0.29, 0.717) is 34.9 Å². The fraction of sp³-hybridized carbons (Fsp3) is 0. The van der Waals surface area contributed by atoms with Gasteiger partial charge >= 0.3 is 0 Å². The van der Waals surface area contributed by atoms with E-state index in [0.717, 1.165) is 77.9 Å². The molecule has 0 N–H and O–H groups in total. The number of rotatable bonds is 10. The molecular formula is C60H40N6. The Morgan fingerprint density at radius 1 is 0.152 bits per heavy atom. The number of hydrogen-bond acceptors (Lipinski definition) is 6. The minimum Gasteiger partial charge on any atom is -0.208 e. The van der Waals surface area contributed by atoms with Gasteiger partial charge in [0.2, 0.25) is 0 Å². The highest BCUT2D eigenvalue weighted by molar-refractivity contribution is 5.92. The minimum absolute atomic E-state index is 0.569. The van der Waals surface area contributed by atoms with Gasteiger partial charge in [-0.3, -0.25) is 0 Å². The summed E-state index contributed by atoms with van der Waals surface area (Å²) in [5.74, 6) is 3.55. The molecule has 9 aromatic carbocycles. The third-order valence-electron chi connectivity index (χ3n) is 11.6. The molecule has 0 atom stereocenters. The Morgan fingerprint density at radius 3 is 0.894 bits per heavy atom. The van der Waals surface area contributed by atoms with Gasteiger partial charge in [0.05, 0.1) is 0 Å². The molecule has 0 spiro atoms. The molecule has 310 valence electrons. The van der Waals surface area contributed by atoms with Crippen molar-refractivity contribution in [1.82, 2.24) is 29.9 Å². The van der Waals surface area contributed by atoms with Crippen LogP contribution in [0.25, 0.3) is 113 Å². The average molecular weight is 845 g/mol. The number of benzene rings is 9. The van der Waals surface area contributed by atoms with Crippen molar-refractivity contribution in [2.24, 2.45) is 0 Å². The molecule has 0 bridgehead atoms. The summed E-state index contributed by atoms with van der Waals surface area (Å²) < 4.78 is 0. The molecule has 11 aromatic rings.